The summed E-state index contributed by atoms with van der Waals surface area (Å²) < 4.78 is 6.09. The maximum Gasteiger partial charge on any atom is 0.256 e. The molecule has 0 saturated carbocycles. The SMILES string of the molecule is NC(=O)CCOc1ccc(NC(=O)c2ccccc2Br)cc1. The van der Waals surface area contributed by atoms with Gasteiger partial charge in [-0.25, -0.2) is 0 Å². The number of nitrogens with one attached hydrogen (secondary N) is 1. The van der Waals surface area contributed by atoms with E-state index in [2.05, 4.69) is 21.2 Å². The molecule has 22 heavy (non-hydrogen) atoms. The summed E-state index contributed by atoms with van der Waals surface area (Å²) in [5.74, 6) is 0.00679. The van der Waals surface area contributed by atoms with Crippen LogP contribution < -0.4 is 15.8 Å². The number of carbonyl (C=O) groups excluding carboxylic acids is 2. The first kappa shape index (κ1) is 16.0. The van der Waals surface area contributed by atoms with Crippen LogP contribution in [-0.4, -0.2) is 18.4 Å². The lowest BCUT2D eigenvalue weighted by Gasteiger charge is -2.08. The van der Waals surface area contributed by atoms with Crippen molar-refractivity contribution in [2.45, 2.75) is 6.42 Å². The lowest BCUT2D eigenvalue weighted by molar-refractivity contribution is -0.118. The molecule has 2 amide bonds. The largest absolute Gasteiger partial charge is 0.493 e. The van der Waals surface area contributed by atoms with Crippen LogP contribution in [0.2, 0.25) is 0 Å². The number of anilines is 1. The van der Waals surface area contributed by atoms with E-state index in [4.69, 9.17) is 10.5 Å². The number of primary amides is 1. The molecule has 0 aliphatic rings. The highest BCUT2D eigenvalue weighted by molar-refractivity contribution is 9.10. The lowest BCUT2D eigenvalue weighted by atomic mass is 10.2. The van der Waals surface area contributed by atoms with E-state index in [9.17, 15) is 9.59 Å². The van der Waals surface area contributed by atoms with Crippen molar-refractivity contribution < 1.29 is 14.3 Å². The van der Waals surface area contributed by atoms with Gasteiger partial charge in [0.25, 0.3) is 5.91 Å². The Kier molecular flexibility index (Phi) is 5.55. The molecule has 2 rings (SSSR count). The van der Waals surface area contributed by atoms with Crippen molar-refractivity contribution in [3.8, 4) is 5.75 Å². The highest BCUT2D eigenvalue weighted by atomic mass is 79.9. The molecule has 3 N–H and O–H groups in total. The van der Waals surface area contributed by atoms with E-state index >= 15 is 0 Å². The molecule has 5 nitrogen and oxygen atoms in total. The van der Waals surface area contributed by atoms with Crippen LogP contribution in [0.5, 0.6) is 5.75 Å². The first-order valence-electron chi connectivity index (χ1n) is 6.63. The molecule has 0 heterocycles. The second kappa shape index (κ2) is 7.61. The Bertz CT molecular complexity index is 671. The minimum absolute atomic E-state index is 0.167. The van der Waals surface area contributed by atoms with E-state index in [1.807, 2.05) is 12.1 Å². The van der Waals surface area contributed by atoms with Gasteiger partial charge in [-0.3, -0.25) is 9.59 Å². The Morgan fingerprint density at radius 1 is 1.09 bits per heavy atom. The van der Waals surface area contributed by atoms with Gasteiger partial charge < -0.3 is 15.8 Å². The molecule has 0 fully saturated rings. The topological polar surface area (TPSA) is 81.4 Å². The fourth-order valence-corrected chi connectivity index (χ4v) is 2.21. The fraction of sp³-hybridized carbons (Fsp3) is 0.125. The van der Waals surface area contributed by atoms with Gasteiger partial charge >= 0.3 is 0 Å². The number of hydrogen-bond donors (Lipinski definition) is 2. The van der Waals surface area contributed by atoms with Crippen molar-refractivity contribution in [2.24, 2.45) is 5.73 Å². The Labute approximate surface area is 136 Å². The standard InChI is InChI=1S/C16H15BrN2O3/c17-14-4-2-1-3-13(14)16(21)19-11-5-7-12(8-6-11)22-10-9-15(18)20/h1-8H,9-10H2,(H2,18,20)(H,19,21). The average molecular weight is 363 g/mol. The Morgan fingerprint density at radius 2 is 1.77 bits per heavy atom. The second-order valence-electron chi connectivity index (χ2n) is 4.52. The summed E-state index contributed by atoms with van der Waals surface area (Å²) in [6, 6.07) is 14.1. The molecule has 0 aromatic heterocycles. The van der Waals surface area contributed by atoms with E-state index in [1.54, 1.807) is 36.4 Å². The summed E-state index contributed by atoms with van der Waals surface area (Å²) >= 11 is 3.34. The minimum atomic E-state index is -0.405. The maximum atomic E-state index is 12.1. The molecule has 6 heteroatoms. The predicted molar refractivity (Wildman–Crippen MR) is 87.8 cm³/mol. The van der Waals surface area contributed by atoms with Gasteiger partial charge in [0.2, 0.25) is 5.91 Å². The molecule has 0 unspecified atom stereocenters. The monoisotopic (exact) mass is 362 g/mol. The zero-order chi connectivity index (χ0) is 15.9. The third-order valence-corrected chi connectivity index (χ3v) is 3.54. The first-order chi connectivity index (χ1) is 10.6. The van der Waals surface area contributed by atoms with Gasteiger partial charge in [-0.15, -0.1) is 0 Å². The summed E-state index contributed by atoms with van der Waals surface area (Å²) in [5, 5.41) is 2.80. The van der Waals surface area contributed by atoms with E-state index in [-0.39, 0.29) is 18.9 Å². The second-order valence-corrected chi connectivity index (χ2v) is 5.38. The number of ether oxygens (including phenoxy) is 1. The van der Waals surface area contributed by atoms with Gasteiger partial charge in [-0.05, 0) is 52.3 Å². The summed E-state index contributed by atoms with van der Waals surface area (Å²) in [6.45, 7) is 0.234. The molecule has 0 bridgehead atoms. The van der Waals surface area contributed by atoms with Crippen LogP contribution in [0.4, 0.5) is 5.69 Å². The summed E-state index contributed by atoms with van der Waals surface area (Å²) in [4.78, 5) is 22.8. The van der Waals surface area contributed by atoms with Gasteiger partial charge in [0.1, 0.15) is 5.75 Å². The first-order valence-corrected chi connectivity index (χ1v) is 7.42. The van der Waals surface area contributed by atoms with Crippen LogP contribution in [0.3, 0.4) is 0 Å². The molecule has 0 aliphatic carbocycles. The number of amides is 2. The number of halogens is 1. The summed E-state index contributed by atoms with van der Waals surface area (Å²) in [7, 11) is 0. The molecule has 2 aromatic rings. The molecule has 114 valence electrons. The van der Waals surface area contributed by atoms with Crippen LogP contribution in [0.1, 0.15) is 16.8 Å². The Morgan fingerprint density at radius 3 is 2.41 bits per heavy atom. The van der Waals surface area contributed by atoms with Gasteiger partial charge in [0, 0.05) is 10.2 Å². The maximum absolute atomic E-state index is 12.1. The van der Waals surface area contributed by atoms with E-state index in [0.717, 1.165) is 4.47 Å². The van der Waals surface area contributed by atoms with Gasteiger partial charge in [0.15, 0.2) is 0 Å². The highest BCUT2D eigenvalue weighted by Crippen LogP contribution is 2.19. The number of benzene rings is 2. The van der Waals surface area contributed by atoms with Crippen LogP contribution >= 0.6 is 15.9 Å². The summed E-state index contributed by atoms with van der Waals surface area (Å²) in [5.41, 5.74) is 6.25. The molecule has 0 spiro atoms. The Balaban J connectivity index is 1.95. The van der Waals surface area contributed by atoms with Gasteiger partial charge in [-0.1, -0.05) is 12.1 Å². The number of rotatable bonds is 6. The van der Waals surface area contributed by atoms with Crippen molar-refractivity contribution in [3.05, 3.63) is 58.6 Å². The summed E-state index contributed by atoms with van der Waals surface area (Å²) in [6.07, 6.45) is 0.167. The van der Waals surface area contributed by atoms with Gasteiger partial charge in [0.05, 0.1) is 18.6 Å². The van der Waals surface area contributed by atoms with Crippen LogP contribution in [0.25, 0.3) is 0 Å². The predicted octanol–water partition coefficient (Wildman–Crippen LogP) is 2.96. The smallest absolute Gasteiger partial charge is 0.256 e. The lowest BCUT2D eigenvalue weighted by Crippen LogP contribution is -2.14. The number of nitrogens with two attached hydrogens (primary N) is 1. The fourth-order valence-electron chi connectivity index (χ4n) is 1.75. The van der Waals surface area contributed by atoms with Crippen molar-refractivity contribution in [3.63, 3.8) is 0 Å². The van der Waals surface area contributed by atoms with Crippen molar-refractivity contribution in [1.82, 2.24) is 0 Å². The van der Waals surface area contributed by atoms with Crippen LogP contribution in [0, 0.1) is 0 Å². The van der Waals surface area contributed by atoms with Gasteiger partial charge in [-0.2, -0.15) is 0 Å². The molecule has 0 atom stereocenters. The average Bonchev–Trinajstić information content (AvgIpc) is 2.49. The minimum Gasteiger partial charge on any atom is -0.493 e. The molecule has 0 radical (unpaired) electrons. The Hall–Kier alpha value is -2.34. The van der Waals surface area contributed by atoms with E-state index in [0.29, 0.717) is 17.0 Å². The van der Waals surface area contributed by atoms with Crippen molar-refractivity contribution >= 4 is 33.4 Å². The number of hydrogen-bond acceptors (Lipinski definition) is 3. The molecular formula is C16H15BrN2O3. The van der Waals surface area contributed by atoms with Crippen molar-refractivity contribution in [1.29, 1.82) is 0 Å². The van der Waals surface area contributed by atoms with Crippen molar-refractivity contribution in [2.75, 3.05) is 11.9 Å². The third-order valence-electron chi connectivity index (χ3n) is 2.85. The van der Waals surface area contributed by atoms with E-state index in [1.165, 1.54) is 0 Å². The normalized spacial score (nSPS) is 10.0. The molecule has 0 aliphatic heterocycles. The zero-order valence-corrected chi connectivity index (χ0v) is 13.3. The van der Waals surface area contributed by atoms with Crippen LogP contribution in [0.15, 0.2) is 53.0 Å². The van der Waals surface area contributed by atoms with E-state index < -0.39 is 5.91 Å². The quantitative estimate of drug-likeness (QED) is 0.828. The molecule has 2 aromatic carbocycles. The third kappa shape index (κ3) is 4.60. The number of carbonyl (C=O) groups is 2. The zero-order valence-electron chi connectivity index (χ0n) is 11.7. The highest BCUT2D eigenvalue weighted by Gasteiger charge is 2.09. The van der Waals surface area contributed by atoms with Crippen LogP contribution in [-0.2, 0) is 4.79 Å². The molecule has 0 saturated heterocycles. The molecular weight excluding hydrogens is 348 g/mol.